The second kappa shape index (κ2) is 8.71. The highest BCUT2D eigenvalue weighted by Gasteiger charge is 2.35. The highest BCUT2D eigenvalue weighted by molar-refractivity contribution is 5.84. The van der Waals surface area contributed by atoms with Crippen LogP contribution in [0.15, 0.2) is 35.3 Å². The molecule has 132 valence electrons. The summed E-state index contributed by atoms with van der Waals surface area (Å²) in [7, 11) is 3.50. The number of benzene rings is 1. The van der Waals surface area contributed by atoms with Crippen LogP contribution in [0.3, 0.4) is 0 Å². The fraction of sp³-hybridized carbons (Fsp3) is 0.579. The van der Waals surface area contributed by atoms with Crippen LogP contribution in [0.4, 0.5) is 0 Å². The maximum absolute atomic E-state index is 11.8. The molecule has 1 aromatic rings. The Balaban J connectivity index is 2.06. The monoisotopic (exact) mass is 330 g/mol. The fourth-order valence-electron chi connectivity index (χ4n) is 3.29. The van der Waals surface area contributed by atoms with Crippen molar-refractivity contribution in [1.82, 2.24) is 15.5 Å². The highest BCUT2D eigenvalue weighted by Crippen LogP contribution is 2.40. The SMILES string of the molecule is CCNC(=NCC(=O)N(C)C)NCC1(c2ccccc2)CCCC1. The summed E-state index contributed by atoms with van der Waals surface area (Å²) in [5.74, 6) is 0.723. The molecule has 1 saturated carbocycles. The zero-order valence-corrected chi connectivity index (χ0v) is 15.1. The van der Waals surface area contributed by atoms with Crippen LogP contribution >= 0.6 is 0 Å². The molecule has 2 N–H and O–H groups in total. The number of aliphatic imine (C=N–C) groups is 1. The summed E-state index contributed by atoms with van der Waals surface area (Å²) in [4.78, 5) is 17.7. The topological polar surface area (TPSA) is 56.7 Å². The molecule has 1 fully saturated rings. The van der Waals surface area contributed by atoms with Crippen LogP contribution in [0.1, 0.15) is 38.2 Å². The Labute approximate surface area is 145 Å². The van der Waals surface area contributed by atoms with E-state index in [0.29, 0.717) is 0 Å². The van der Waals surface area contributed by atoms with E-state index in [1.54, 1.807) is 19.0 Å². The number of likely N-dealkylation sites (N-methyl/N-ethyl adjacent to an activating group) is 1. The van der Waals surface area contributed by atoms with Crippen molar-refractivity contribution in [3.05, 3.63) is 35.9 Å². The van der Waals surface area contributed by atoms with Gasteiger partial charge in [-0.3, -0.25) is 4.79 Å². The summed E-state index contributed by atoms with van der Waals surface area (Å²) < 4.78 is 0. The number of amides is 1. The first kappa shape index (κ1) is 18.3. The van der Waals surface area contributed by atoms with E-state index in [1.807, 2.05) is 6.92 Å². The molecule has 0 saturated heterocycles. The third kappa shape index (κ3) is 4.73. The molecule has 2 rings (SSSR count). The van der Waals surface area contributed by atoms with Crippen LogP contribution in [0.25, 0.3) is 0 Å². The second-order valence-electron chi connectivity index (χ2n) is 6.69. The summed E-state index contributed by atoms with van der Waals surface area (Å²) in [5.41, 5.74) is 1.57. The number of rotatable bonds is 6. The van der Waals surface area contributed by atoms with Gasteiger partial charge in [-0.25, -0.2) is 4.99 Å². The molecule has 0 atom stereocenters. The van der Waals surface area contributed by atoms with Crippen LogP contribution in [0.5, 0.6) is 0 Å². The molecule has 0 heterocycles. The number of hydrogen-bond acceptors (Lipinski definition) is 2. The zero-order valence-electron chi connectivity index (χ0n) is 15.1. The molecular weight excluding hydrogens is 300 g/mol. The fourth-order valence-corrected chi connectivity index (χ4v) is 3.29. The van der Waals surface area contributed by atoms with Crippen molar-refractivity contribution in [3.63, 3.8) is 0 Å². The van der Waals surface area contributed by atoms with Crippen LogP contribution in [0.2, 0.25) is 0 Å². The first-order valence-corrected chi connectivity index (χ1v) is 8.85. The van der Waals surface area contributed by atoms with E-state index in [0.717, 1.165) is 19.0 Å². The lowest BCUT2D eigenvalue weighted by atomic mass is 9.79. The standard InChI is InChI=1S/C19H30N4O/c1-4-20-18(21-14-17(24)23(2)3)22-15-19(12-8-9-13-19)16-10-6-5-7-11-16/h5-7,10-11H,4,8-9,12-15H2,1-3H3,(H2,20,21,22). The van der Waals surface area contributed by atoms with Gasteiger partial charge in [0, 0.05) is 32.6 Å². The van der Waals surface area contributed by atoms with Crippen LogP contribution < -0.4 is 10.6 Å². The predicted octanol–water partition coefficient (Wildman–Crippen LogP) is 2.14. The van der Waals surface area contributed by atoms with Gasteiger partial charge in [-0.1, -0.05) is 43.2 Å². The predicted molar refractivity (Wildman–Crippen MR) is 99.3 cm³/mol. The van der Waals surface area contributed by atoms with Gasteiger partial charge in [-0.2, -0.15) is 0 Å². The van der Waals surface area contributed by atoms with E-state index in [2.05, 4.69) is 46.0 Å². The number of nitrogens with zero attached hydrogens (tertiary/aromatic N) is 2. The van der Waals surface area contributed by atoms with Gasteiger partial charge < -0.3 is 15.5 Å². The van der Waals surface area contributed by atoms with Gasteiger partial charge in [0.1, 0.15) is 6.54 Å². The molecule has 1 amide bonds. The van der Waals surface area contributed by atoms with E-state index >= 15 is 0 Å². The van der Waals surface area contributed by atoms with Crippen LogP contribution in [-0.2, 0) is 10.2 Å². The Morgan fingerprint density at radius 3 is 2.42 bits per heavy atom. The number of carbonyl (C=O) groups is 1. The molecule has 1 aliphatic rings. The van der Waals surface area contributed by atoms with Gasteiger partial charge in [0.25, 0.3) is 0 Å². The first-order chi connectivity index (χ1) is 11.6. The highest BCUT2D eigenvalue weighted by atomic mass is 16.2. The minimum atomic E-state index is 0.00541. The molecule has 5 heteroatoms. The van der Waals surface area contributed by atoms with Crippen molar-refractivity contribution >= 4 is 11.9 Å². The van der Waals surface area contributed by atoms with Gasteiger partial charge in [0.15, 0.2) is 5.96 Å². The number of nitrogens with one attached hydrogen (secondary N) is 2. The second-order valence-corrected chi connectivity index (χ2v) is 6.69. The molecule has 5 nitrogen and oxygen atoms in total. The average molecular weight is 330 g/mol. The first-order valence-electron chi connectivity index (χ1n) is 8.85. The Morgan fingerprint density at radius 2 is 1.83 bits per heavy atom. The molecule has 1 aliphatic carbocycles. The average Bonchev–Trinajstić information content (AvgIpc) is 3.08. The third-order valence-corrected chi connectivity index (χ3v) is 4.76. The molecule has 0 unspecified atom stereocenters. The maximum atomic E-state index is 11.8. The van der Waals surface area contributed by atoms with Crippen molar-refractivity contribution in [3.8, 4) is 0 Å². The van der Waals surface area contributed by atoms with Crippen molar-refractivity contribution in [2.45, 2.75) is 38.0 Å². The van der Waals surface area contributed by atoms with Gasteiger partial charge in [0.2, 0.25) is 5.91 Å². The zero-order chi connectivity index (χ0) is 17.4. The van der Waals surface area contributed by atoms with E-state index in [4.69, 9.17) is 0 Å². The normalized spacial score (nSPS) is 16.7. The Morgan fingerprint density at radius 1 is 1.17 bits per heavy atom. The quantitative estimate of drug-likeness (QED) is 0.621. The molecule has 0 bridgehead atoms. The molecular formula is C19H30N4O. The lowest BCUT2D eigenvalue weighted by Crippen LogP contribution is -2.45. The van der Waals surface area contributed by atoms with Crippen molar-refractivity contribution in [2.24, 2.45) is 4.99 Å². The number of guanidine groups is 1. The minimum absolute atomic E-state index is 0.00541. The summed E-state index contributed by atoms with van der Waals surface area (Å²) in [6, 6.07) is 10.8. The third-order valence-electron chi connectivity index (χ3n) is 4.76. The van der Waals surface area contributed by atoms with Gasteiger partial charge in [-0.05, 0) is 25.3 Å². The lowest BCUT2D eigenvalue weighted by molar-refractivity contribution is -0.127. The maximum Gasteiger partial charge on any atom is 0.243 e. The van der Waals surface area contributed by atoms with Crippen LogP contribution in [-0.4, -0.2) is 50.5 Å². The molecule has 0 aliphatic heterocycles. The Kier molecular flexibility index (Phi) is 6.64. The Hall–Kier alpha value is -2.04. The van der Waals surface area contributed by atoms with Crippen molar-refractivity contribution in [1.29, 1.82) is 0 Å². The van der Waals surface area contributed by atoms with E-state index in [1.165, 1.54) is 31.2 Å². The molecule has 1 aromatic carbocycles. The van der Waals surface area contributed by atoms with Crippen molar-refractivity contribution < 1.29 is 4.79 Å². The summed E-state index contributed by atoms with van der Waals surface area (Å²) in [6.45, 7) is 3.83. The molecule has 0 radical (unpaired) electrons. The summed E-state index contributed by atoms with van der Waals surface area (Å²) >= 11 is 0. The Bertz CT molecular complexity index is 548. The minimum Gasteiger partial charge on any atom is -0.357 e. The smallest absolute Gasteiger partial charge is 0.243 e. The molecule has 0 spiro atoms. The summed E-state index contributed by atoms with van der Waals surface area (Å²) in [5, 5.41) is 6.70. The van der Waals surface area contributed by atoms with Gasteiger partial charge in [0.05, 0.1) is 0 Å². The van der Waals surface area contributed by atoms with Gasteiger partial charge in [-0.15, -0.1) is 0 Å². The van der Waals surface area contributed by atoms with E-state index in [9.17, 15) is 4.79 Å². The van der Waals surface area contributed by atoms with Gasteiger partial charge >= 0.3 is 0 Å². The molecule has 24 heavy (non-hydrogen) atoms. The largest absolute Gasteiger partial charge is 0.357 e. The van der Waals surface area contributed by atoms with Crippen LogP contribution in [0, 0.1) is 0 Å². The van der Waals surface area contributed by atoms with E-state index in [-0.39, 0.29) is 17.9 Å². The molecule has 0 aromatic heterocycles. The summed E-state index contributed by atoms with van der Waals surface area (Å²) in [6.07, 6.45) is 4.92. The number of hydrogen-bond donors (Lipinski definition) is 2. The number of carbonyl (C=O) groups excluding carboxylic acids is 1. The lowest BCUT2D eigenvalue weighted by Gasteiger charge is -2.30. The van der Waals surface area contributed by atoms with Crippen molar-refractivity contribution in [2.75, 3.05) is 33.7 Å². The van der Waals surface area contributed by atoms with E-state index < -0.39 is 0 Å².